The molecule has 2 aromatic rings. The van der Waals surface area contributed by atoms with E-state index in [1.54, 1.807) is 22.8 Å². The van der Waals surface area contributed by atoms with Crippen LogP contribution >= 0.6 is 31.9 Å². The number of nitrogens with two attached hydrogens (primary N) is 1. The van der Waals surface area contributed by atoms with Crippen molar-refractivity contribution >= 4 is 61.6 Å². The molecule has 2 amide bonds. The van der Waals surface area contributed by atoms with Gasteiger partial charge in [-0.1, -0.05) is 14.9 Å². The van der Waals surface area contributed by atoms with Gasteiger partial charge in [-0.3, -0.25) is 19.2 Å². The fourth-order valence-electron chi connectivity index (χ4n) is 3.65. The van der Waals surface area contributed by atoms with Gasteiger partial charge in [-0.15, -0.1) is 0 Å². The predicted molar refractivity (Wildman–Crippen MR) is 148 cm³/mol. The minimum absolute atomic E-state index is 0. The standard InChI is InChI=1S/C11H13BrN2O5.C11H13BrN2O4.2CH4/c1-18-9(15)5-7(11(17)19-2)14-6(10(13)16)3-4-8(14)12;1-17-9(15)5-7-11(18-2)13-10(16)6-3-4-8(12)14(6)7;;/h3-4,7H,5H2,1-2H3,(H2,13,16);3-4,7,11H,5H2,1-2H3,(H,13,16);2*1H4/t7-;7-,11-;;/m11../s1. The Balaban J connectivity index is 0.000000705. The first kappa shape index (κ1) is 35.8. The lowest BCUT2D eigenvalue weighted by molar-refractivity contribution is -0.151. The van der Waals surface area contributed by atoms with Crippen LogP contribution < -0.4 is 11.1 Å². The molecular weight excluding hydrogens is 648 g/mol. The molecule has 39 heavy (non-hydrogen) atoms. The highest BCUT2D eigenvalue weighted by Gasteiger charge is 2.36. The van der Waals surface area contributed by atoms with Gasteiger partial charge in [0.2, 0.25) is 0 Å². The summed E-state index contributed by atoms with van der Waals surface area (Å²) in [5.74, 6) is -2.58. The van der Waals surface area contributed by atoms with Crippen LogP contribution in [0, 0.1) is 0 Å². The number of methoxy groups -OCH3 is 4. The van der Waals surface area contributed by atoms with Gasteiger partial charge in [0.15, 0.2) is 6.23 Å². The Labute approximate surface area is 243 Å². The zero-order valence-electron chi connectivity index (χ0n) is 20.4. The molecule has 1 aliphatic heterocycles. The minimum atomic E-state index is -1.02. The molecule has 0 bridgehead atoms. The van der Waals surface area contributed by atoms with Gasteiger partial charge in [0.05, 0.1) is 49.4 Å². The van der Waals surface area contributed by atoms with Crippen molar-refractivity contribution in [2.24, 2.45) is 5.73 Å². The van der Waals surface area contributed by atoms with E-state index >= 15 is 0 Å². The second-order valence-electron chi connectivity index (χ2n) is 7.48. The summed E-state index contributed by atoms with van der Waals surface area (Å²) in [5.41, 5.74) is 5.80. The molecule has 0 fully saturated rings. The summed E-state index contributed by atoms with van der Waals surface area (Å²) >= 11 is 6.55. The maximum Gasteiger partial charge on any atom is 0.329 e. The minimum Gasteiger partial charge on any atom is -0.469 e. The lowest BCUT2D eigenvalue weighted by Crippen LogP contribution is -2.49. The van der Waals surface area contributed by atoms with Crippen LogP contribution in [0.2, 0.25) is 0 Å². The van der Waals surface area contributed by atoms with E-state index in [9.17, 15) is 24.0 Å². The normalized spacial score (nSPS) is 16.0. The third kappa shape index (κ3) is 8.41. The number of aromatic nitrogens is 2. The Morgan fingerprint density at radius 3 is 2.05 bits per heavy atom. The molecule has 3 atom stereocenters. The molecule has 218 valence electrons. The van der Waals surface area contributed by atoms with E-state index in [-0.39, 0.29) is 51.3 Å². The quantitative estimate of drug-likeness (QED) is 0.314. The van der Waals surface area contributed by atoms with Gasteiger partial charge in [0.25, 0.3) is 11.8 Å². The number of carbonyl (C=O) groups excluding carboxylic acids is 5. The molecule has 13 nitrogen and oxygen atoms in total. The molecule has 0 spiro atoms. The van der Waals surface area contributed by atoms with Crippen LogP contribution in [0.25, 0.3) is 0 Å². The first-order chi connectivity index (χ1) is 17.5. The molecule has 2 aromatic heterocycles. The first-order valence-corrected chi connectivity index (χ1v) is 12.2. The summed E-state index contributed by atoms with van der Waals surface area (Å²) in [7, 11) is 5.21. The summed E-state index contributed by atoms with van der Waals surface area (Å²) in [5, 5.41) is 2.70. The Kier molecular flexibility index (Phi) is 14.7. The Bertz CT molecular complexity index is 1180. The number of amides is 2. The number of nitrogens with one attached hydrogen (secondary N) is 1. The lowest BCUT2D eigenvalue weighted by atomic mass is 10.1. The SMILES string of the molecule is C.C.COC(=O)C[C@@H]1[C@@H](OC)NC(=O)c2ccc(Br)n21.COC(=O)C[C@H](C(=O)OC)n1c(Br)ccc1C(N)=O. The summed E-state index contributed by atoms with van der Waals surface area (Å²) in [6.07, 6.45) is -0.709. The number of fused-ring (bicyclic) bond motifs is 1. The van der Waals surface area contributed by atoms with E-state index in [0.717, 1.165) is 4.60 Å². The number of carbonyl (C=O) groups is 5. The van der Waals surface area contributed by atoms with Crippen molar-refractivity contribution in [2.75, 3.05) is 28.4 Å². The van der Waals surface area contributed by atoms with Gasteiger partial charge in [-0.2, -0.15) is 0 Å². The van der Waals surface area contributed by atoms with E-state index in [1.165, 1.54) is 39.1 Å². The number of ether oxygens (including phenoxy) is 4. The van der Waals surface area contributed by atoms with Gasteiger partial charge >= 0.3 is 17.9 Å². The van der Waals surface area contributed by atoms with Crippen molar-refractivity contribution in [1.29, 1.82) is 0 Å². The average Bonchev–Trinajstić information content (AvgIpc) is 3.46. The second-order valence-corrected chi connectivity index (χ2v) is 9.11. The predicted octanol–water partition coefficient (Wildman–Crippen LogP) is 2.97. The van der Waals surface area contributed by atoms with Gasteiger partial charge < -0.3 is 39.1 Å². The monoisotopic (exact) mass is 680 g/mol. The first-order valence-electron chi connectivity index (χ1n) is 10.6. The Morgan fingerprint density at radius 2 is 1.54 bits per heavy atom. The van der Waals surface area contributed by atoms with Crippen LogP contribution in [0.4, 0.5) is 0 Å². The van der Waals surface area contributed by atoms with E-state index < -0.39 is 30.1 Å². The number of hydrogen-bond donors (Lipinski definition) is 2. The summed E-state index contributed by atoms with van der Waals surface area (Å²) < 4.78 is 23.2. The molecule has 15 heteroatoms. The molecule has 0 radical (unpaired) electrons. The average molecular weight is 682 g/mol. The number of esters is 3. The third-order valence-corrected chi connectivity index (χ3v) is 6.70. The topological polar surface area (TPSA) is 170 Å². The highest BCUT2D eigenvalue weighted by molar-refractivity contribution is 9.10. The maximum absolute atomic E-state index is 11.8. The van der Waals surface area contributed by atoms with Crippen LogP contribution in [0.3, 0.4) is 0 Å². The van der Waals surface area contributed by atoms with E-state index in [2.05, 4.69) is 51.4 Å². The number of rotatable bonds is 8. The molecule has 0 aliphatic carbocycles. The molecule has 3 heterocycles. The van der Waals surface area contributed by atoms with Gasteiger partial charge in [-0.05, 0) is 56.1 Å². The smallest absolute Gasteiger partial charge is 0.329 e. The molecule has 0 saturated heterocycles. The highest BCUT2D eigenvalue weighted by Crippen LogP contribution is 2.30. The molecule has 3 rings (SSSR count). The zero-order valence-corrected chi connectivity index (χ0v) is 23.5. The zero-order chi connectivity index (χ0) is 27.9. The van der Waals surface area contributed by atoms with E-state index in [4.69, 9.17) is 10.5 Å². The molecule has 1 aliphatic rings. The van der Waals surface area contributed by atoms with Gasteiger partial charge in [0, 0.05) is 7.11 Å². The lowest BCUT2D eigenvalue weighted by Gasteiger charge is -2.33. The van der Waals surface area contributed by atoms with E-state index in [0.29, 0.717) is 10.3 Å². The van der Waals surface area contributed by atoms with E-state index in [1.807, 2.05) is 0 Å². The number of hydrogen-bond acceptors (Lipinski definition) is 9. The van der Waals surface area contributed by atoms with Crippen molar-refractivity contribution in [3.8, 4) is 0 Å². The largest absolute Gasteiger partial charge is 0.469 e. The van der Waals surface area contributed by atoms with Crippen molar-refractivity contribution in [1.82, 2.24) is 14.5 Å². The van der Waals surface area contributed by atoms with Crippen molar-refractivity contribution in [3.05, 3.63) is 44.9 Å². The van der Waals surface area contributed by atoms with Crippen LogP contribution in [0.1, 0.15) is 60.8 Å². The third-order valence-electron chi connectivity index (χ3n) is 5.41. The maximum atomic E-state index is 11.8. The van der Waals surface area contributed by atoms with Crippen molar-refractivity contribution in [3.63, 3.8) is 0 Å². The van der Waals surface area contributed by atoms with Crippen LogP contribution in [-0.2, 0) is 33.3 Å². The Morgan fingerprint density at radius 1 is 0.949 bits per heavy atom. The fourth-order valence-corrected chi connectivity index (χ4v) is 4.80. The second kappa shape index (κ2) is 16.1. The van der Waals surface area contributed by atoms with Crippen molar-refractivity contribution < 1.29 is 42.9 Å². The van der Waals surface area contributed by atoms with Gasteiger partial charge in [0.1, 0.15) is 17.4 Å². The summed E-state index contributed by atoms with van der Waals surface area (Å²) in [4.78, 5) is 57.7. The van der Waals surface area contributed by atoms with Gasteiger partial charge in [-0.25, -0.2) is 4.79 Å². The summed E-state index contributed by atoms with van der Waals surface area (Å²) in [6, 6.07) is 5.09. The van der Waals surface area contributed by atoms with Crippen LogP contribution in [-0.4, -0.2) is 73.5 Å². The molecule has 0 saturated carbocycles. The highest BCUT2D eigenvalue weighted by atomic mass is 79.9. The van der Waals surface area contributed by atoms with Crippen LogP contribution in [0.15, 0.2) is 33.5 Å². The number of primary amides is 1. The molecule has 3 N–H and O–H groups in total. The Hall–Kier alpha value is -3.17. The fraction of sp³-hybridized carbons (Fsp3) is 0.458. The molecule has 0 aromatic carbocycles. The molecular formula is C24H34Br2N4O9. The number of halogens is 2. The summed E-state index contributed by atoms with van der Waals surface area (Å²) in [6.45, 7) is 0. The number of nitrogens with zero attached hydrogens (tertiary/aromatic N) is 2. The molecule has 0 unspecified atom stereocenters. The van der Waals surface area contributed by atoms with Crippen molar-refractivity contribution in [2.45, 2.75) is 46.0 Å². The van der Waals surface area contributed by atoms with Crippen LogP contribution in [0.5, 0.6) is 0 Å².